The van der Waals surface area contributed by atoms with Crippen LogP contribution in [0.15, 0.2) is 79.4 Å². The van der Waals surface area contributed by atoms with Crippen LogP contribution < -0.4 is 9.47 Å². The Balaban J connectivity index is 1.44. The smallest absolute Gasteiger partial charge is 0.343 e. The molecule has 0 aliphatic rings. The van der Waals surface area contributed by atoms with Crippen molar-refractivity contribution in [3.8, 4) is 22.6 Å². The van der Waals surface area contributed by atoms with E-state index >= 15 is 0 Å². The third-order valence-electron chi connectivity index (χ3n) is 6.02. The van der Waals surface area contributed by atoms with Crippen LogP contribution in [0.2, 0.25) is 0 Å². The molecule has 3 rings (SSSR count). The zero-order valence-corrected chi connectivity index (χ0v) is 21.8. The maximum atomic E-state index is 12.6. The molecule has 0 saturated carbocycles. The molecule has 5 heteroatoms. The van der Waals surface area contributed by atoms with Crippen molar-refractivity contribution in [2.24, 2.45) is 0 Å². The standard InChI is InChI=1S/C32H36O5/c1-4-10-25-11-13-26(14-12-25)30-20-19-29(23-24(30)3)37-32(34)27-15-17-28(18-16-27)35-21-8-6-7-9-22-36-31(33)5-2/h5,11-20,23H,2,4,6-10,21-22H2,1,3H3. The van der Waals surface area contributed by atoms with Crippen molar-refractivity contribution in [1.82, 2.24) is 0 Å². The summed E-state index contributed by atoms with van der Waals surface area (Å²) in [7, 11) is 0. The SMILES string of the molecule is C=CC(=O)OCCCCCCOc1ccc(C(=O)Oc2ccc(-c3ccc(CCC)cc3)c(C)c2)cc1. The Labute approximate surface area is 220 Å². The van der Waals surface area contributed by atoms with Gasteiger partial charge < -0.3 is 14.2 Å². The third kappa shape index (κ3) is 8.94. The van der Waals surface area contributed by atoms with Gasteiger partial charge in [0.25, 0.3) is 0 Å². The third-order valence-corrected chi connectivity index (χ3v) is 6.02. The maximum absolute atomic E-state index is 12.6. The molecule has 0 atom stereocenters. The molecule has 0 saturated heterocycles. The molecular formula is C32H36O5. The van der Waals surface area contributed by atoms with E-state index in [9.17, 15) is 9.59 Å². The van der Waals surface area contributed by atoms with E-state index < -0.39 is 5.97 Å². The molecule has 0 bridgehead atoms. The van der Waals surface area contributed by atoms with E-state index in [1.54, 1.807) is 24.3 Å². The van der Waals surface area contributed by atoms with Gasteiger partial charge in [-0.15, -0.1) is 0 Å². The van der Waals surface area contributed by atoms with Gasteiger partial charge in [0.05, 0.1) is 18.8 Å². The van der Waals surface area contributed by atoms with Crippen LogP contribution in [0.1, 0.15) is 60.5 Å². The average molecular weight is 501 g/mol. The number of carbonyl (C=O) groups is 2. The maximum Gasteiger partial charge on any atom is 0.343 e. The summed E-state index contributed by atoms with van der Waals surface area (Å²) in [5.41, 5.74) is 5.14. The van der Waals surface area contributed by atoms with E-state index in [4.69, 9.17) is 14.2 Å². The van der Waals surface area contributed by atoms with Gasteiger partial charge in [0.1, 0.15) is 11.5 Å². The summed E-state index contributed by atoms with van der Waals surface area (Å²) in [5, 5.41) is 0. The van der Waals surface area contributed by atoms with Gasteiger partial charge in [-0.05, 0) is 97.7 Å². The van der Waals surface area contributed by atoms with Crippen LogP contribution in [0.25, 0.3) is 11.1 Å². The first-order valence-corrected chi connectivity index (χ1v) is 12.9. The zero-order chi connectivity index (χ0) is 26.5. The first-order valence-electron chi connectivity index (χ1n) is 12.9. The summed E-state index contributed by atoms with van der Waals surface area (Å²) in [6, 6.07) is 21.4. The summed E-state index contributed by atoms with van der Waals surface area (Å²) in [6.07, 6.45) is 7.06. The highest BCUT2D eigenvalue weighted by molar-refractivity contribution is 5.91. The molecule has 37 heavy (non-hydrogen) atoms. The lowest BCUT2D eigenvalue weighted by atomic mass is 9.98. The first-order chi connectivity index (χ1) is 18.0. The highest BCUT2D eigenvalue weighted by Gasteiger charge is 2.11. The van der Waals surface area contributed by atoms with Crippen LogP contribution in [0.4, 0.5) is 0 Å². The minimum absolute atomic E-state index is 0.382. The van der Waals surface area contributed by atoms with E-state index in [1.807, 2.05) is 25.1 Å². The van der Waals surface area contributed by atoms with Crippen LogP contribution >= 0.6 is 0 Å². The number of benzene rings is 3. The molecule has 3 aromatic rings. The van der Waals surface area contributed by atoms with E-state index in [0.717, 1.165) is 55.2 Å². The fourth-order valence-electron chi connectivity index (χ4n) is 4.00. The van der Waals surface area contributed by atoms with Gasteiger partial charge in [-0.3, -0.25) is 0 Å². The predicted octanol–water partition coefficient (Wildman–Crippen LogP) is 7.50. The largest absolute Gasteiger partial charge is 0.494 e. The van der Waals surface area contributed by atoms with Crippen LogP contribution in [0.5, 0.6) is 11.5 Å². The van der Waals surface area contributed by atoms with Gasteiger partial charge in [-0.25, -0.2) is 9.59 Å². The van der Waals surface area contributed by atoms with Gasteiger partial charge in [-0.2, -0.15) is 0 Å². The summed E-state index contributed by atoms with van der Waals surface area (Å²) < 4.78 is 16.3. The lowest BCUT2D eigenvalue weighted by Gasteiger charge is -2.11. The van der Waals surface area contributed by atoms with Gasteiger partial charge in [-0.1, -0.05) is 50.3 Å². The second kappa shape index (κ2) is 14.6. The second-order valence-electron chi connectivity index (χ2n) is 8.97. The van der Waals surface area contributed by atoms with Crippen LogP contribution in [-0.2, 0) is 16.0 Å². The molecule has 0 fully saturated rings. The fourth-order valence-corrected chi connectivity index (χ4v) is 4.00. The predicted molar refractivity (Wildman–Crippen MR) is 147 cm³/mol. The molecule has 0 aliphatic heterocycles. The molecule has 5 nitrogen and oxygen atoms in total. The Hall–Kier alpha value is -3.86. The lowest BCUT2D eigenvalue weighted by molar-refractivity contribution is -0.137. The van der Waals surface area contributed by atoms with Crippen molar-refractivity contribution in [2.75, 3.05) is 13.2 Å². The minimum Gasteiger partial charge on any atom is -0.494 e. The first kappa shape index (κ1) is 27.7. The Morgan fingerprint density at radius 1 is 0.838 bits per heavy atom. The molecule has 194 valence electrons. The molecule has 0 amide bonds. The van der Waals surface area contributed by atoms with Crippen molar-refractivity contribution in [3.63, 3.8) is 0 Å². The summed E-state index contributed by atoms with van der Waals surface area (Å²) >= 11 is 0. The number of rotatable bonds is 14. The molecule has 0 spiro atoms. The molecule has 0 aromatic heterocycles. The number of hydrogen-bond acceptors (Lipinski definition) is 5. The summed E-state index contributed by atoms with van der Waals surface area (Å²) in [6.45, 7) is 8.58. The van der Waals surface area contributed by atoms with Crippen LogP contribution in [-0.4, -0.2) is 25.2 Å². The molecule has 0 aliphatic carbocycles. The molecular weight excluding hydrogens is 464 g/mol. The van der Waals surface area contributed by atoms with Crippen LogP contribution in [0.3, 0.4) is 0 Å². The topological polar surface area (TPSA) is 61.8 Å². The van der Waals surface area contributed by atoms with E-state index in [1.165, 1.54) is 11.6 Å². The number of hydrogen-bond donors (Lipinski definition) is 0. The monoisotopic (exact) mass is 500 g/mol. The van der Waals surface area contributed by atoms with Crippen molar-refractivity contribution in [1.29, 1.82) is 0 Å². The Bertz CT molecular complexity index is 1160. The Morgan fingerprint density at radius 3 is 2.16 bits per heavy atom. The highest BCUT2D eigenvalue weighted by Crippen LogP contribution is 2.28. The fraction of sp³-hybridized carbons (Fsp3) is 0.312. The van der Waals surface area contributed by atoms with E-state index in [0.29, 0.717) is 30.3 Å². The van der Waals surface area contributed by atoms with Crippen molar-refractivity contribution < 1.29 is 23.8 Å². The molecule has 3 aromatic carbocycles. The van der Waals surface area contributed by atoms with Gasteiger partial charge in [0.15, 0.2) is 0 Å². The number of aryl methyl sites for hydroxylation is 2. The number of esters is 2. The summed E-state index contributed by atoms with van der Waals surface area (Å²) in [4.78, 5) is 23.6. The lowest BCUT2D eigenvalue weighted by Crippen LogP contribution is -2.08. The quantitative estimate of drug-likeness (QED) is 0.0992. The van der Waals surface area contributed by atoms with Gasteiger partial charge >= 0.3 is 11.9 Å². The Kier molecular flexibility index (Phi) is 11.0. The average Bonchev–Trinajstić information content (AvgIpc) is 2.91. The Morgan fingerprint density at radius 2 is 1.51 bits per heavy atom. The number of ether oxygens (including phenoxy) is 3. The molecule has 0 N–H and O–H groups in total. The minimum atomic E-state index is -0.403. The number of carbonyl (C=O) groups excluding carboxylic acids is 2. The molecule has 0 heterocycles. The van der Waals surface area contributed by atoms with Crippen molar-refractivity contribution in [3.05, 3.63) is 96.1 Å². The van der Waals surface area contributed by atoms with Gasteiger partial charge in [0, 0.05) is 6.08 Å². The van der Waals surface area contributed by atoms with E-state index in [2.05, 4.69) is 37.8 Å². The van der Waals surface area contributed by atoms with Crippen molar-refractivity contribution >= 4 is 11.9 Å². The zero-order valence-electron chi connectivity index (χ0n) is 21.8. The molecule has 0 unspecified atom stereocenters. The van der Waals surface area contributed by atoms with Crippen LogP contribution in [0, 0.1) is 6.92 Å². The van der Waals surface area contributed by atoms with Gasteiger partial charge in [0.2, 0.25) is 0 Å². The molecule has 0 radical (unpaired) electrons. The summed E-state index contributed by atoms with van der Waals surface area (Å²) in [5.74, 6) is 0.447. The second-order valence-corrected chi connectivity index (χ2v) is 8.97. The normalized spacial score (nSPS) is 10.5. The van der Waals surface area contributed by atoms with E-state index in [-0.39, 0.29) is 5.97 Å². The highest BCUT2D eigenvalue weighted by atomic mass is 16.5. The van der Waals surface area contributed by atoms with Crippen molar-refractivity contribution in [2.45, 2.75) is 52.4 Å². The number of unbranched alkanes of at least 4 members (excludes halogenated alkanes) is 3.